The molecule has 1 aromatic carbocycles. The van der Waals surface area contributed by atoms with Gasteiger partial charge < -0.3 is 4.74 Å². The first-order valence-corrected chi connectivity index (χ1v) is 8.65. The first kappa shape index (κ1) is 18.0. The number of aromatic nitrogens is 3. The maximum atomic E-state index is 12.0. The number of ether oxygens (including phenoxy) is 1. The van der Waals surface area contributed by atoms with Gasteiger partial charge >= 0.3 is 5.97 Å². The van der Waals surface area contributed by atoms with Crippen LogP contribution < -0.4 is 4.74 Å². The van der Waals surface area contributed by atoms with Crippen molar-refractivity contribution in [1.82, 2.24) is 15.0 Å². The molecule has 5 nitrogen and oxygen atoms in total. The predicted molar refractivity (Wildman–Crippen MR) is 93.6 cm³/mol. The van der Waals surface area contributed by atoms with Crippen LogP contribution in [0.15, 0.2) is 30.9 Å². The Hall–Kier alpha value is -2.30. The minimum Gasteiger partial charge on any atom is -0.426 e. The SMILES string of the molecule is CCCCCCCCC(=O)Oc1cccc(-c2ncncn2)c1C. The molecule has 0 unspecified atom stereocenters. The van der Waals surface area contributed by atoms with Crippen molar-refractivity contribution in [3.63, 3.8) is 0 Å². The molecular weight excluding hydrogens is 302 g/mol. The van der Waals surface area contributed by atoms with Gasteiger partial charge in [-0.3, -0.25) is 4.79 Å². The van der Waals surface area contributed by atoms with Gasteiger partial charge in [0, 0.05) is 17.5 Å². The number of nitrogens with zero attached hydrogens (tertiary/aromatic N) is 3. The van der Waals surface area contributed by atoms with Gasteiger partial charge in [0.2, 0.25) is 0 Å². The van der Waals surface area contributed by atoms with Crippen LogP contribution in [0.25, 0.3) is 11.4 Å². The van der Waals surface area contributed by atoms with Crippen LogP contribution in [0.2, 0.25) is 0 Å². The van der Waals surface area contributed by atoms with E-state index in [-0.39, 0.29) is 5.97 Å². The Labute approximate surface area is 143 Å². The van der Waals surface area contributed by atoms with E-state index in [1.165, 1.54) is 38.3 Å². The lowest BCUT2D eigenvalue weighted by atomic mass is 10.1. The Morgan fingerprint density at radius 3 is 2.50 bits per heavy atom. The van der Waals surface area contributed by atoms with E-state index < -0.39 is 0 Å². The molecule has 0 spiro atoms. The third-order valence-electron chi connectivity index (χ3n) is 3.98. The second kappa shape index (κ2) is 9.75. The Morgan fingerprint density at radius 2 is 1.75 bits per heavy atom. The molecular formula is C19H25N3O2. The maximum absolute atomic E-state index is 12.0. The van der Waals surface area contributed by atoms with Crippen LogP contribution in [-0.4, -0.2) is 20.9 Å². The topological polar surface area (TPSA) is 65.0 Å². The molecule has 1 heterocycles. The van der Waals surface area contributed by atoms with Crippen molar-refractivity contribution in [2.75, 3.05) is 0 Å². The Balaban J connectivity index is 1.90. The summed E-state index contributed by atoms with van der Waals surface area (Å²) >= 11 is 0. The number of rotatable bonds is 9. The Bertz CT molecular complexity index is 644. The molecule has 2 rings (SSSR count). The highest BCUT2D eigenvalue weighted by molar-refractivity contribution is 5.74. The van der Waals surface area contributed by atoms with Crippen LogP contribution >= 0.6 is 0 Å². The average molecular weight is 327 g/mol. The number of esters is 1. The second-order valence-corrected chi connectivity index (χ2v) is 5.88. The van der Waals surface area contributed by atoms with Gasteiger partial charge in [-0.05, 0) is 19.4 Å². The van der Waals surface area contributed by atoms with Gasteiger partial charge in [0.05, 0.1) is 0 Å². The average Bonchev–Trinajstić information content (AvgIpc) is 2.60. The largest absolute Gasteiger partial charge is 0.426 e. The Morgan fingerprint density at radius 1 is 1.04 bits per heavy atom. The molecule has 2 aromatic rings. The zero-order valence-corrected chi connectivity index (χ0v) is 14.5. The number of benzene rings is 1. The summed E-state index contributed by atoms with van der Waals surface area (Å²) in [6.07, 6.45) is 10.3. The molecule has 0 bridgehead atoms. The molecule has 0 radical (unpaired) electrons. The van der Waals surface area contributed by atoms with Crippen LogP contribution in [-0.2, 0) is 4.79 Å². The summed E-state index contributed by atoms with van der Waals surface area (Å²) < 4.78 is 5.52. The Kier molecular flexibility index (Phi) is 7.33. The molecule has 0 N–H and O–H groups in total. The minimum absolute atomic E-state index is 0.179. The smallest absolute Gasteiger partial charge is 0.311 e. The zero-order valence-electron chi connectivity index (χ0n) is 14.5. The van der Waals surface area contributed by atoms with Crippen molar-refractivity contribution >= 4 is 5.97 Å². The number of hydrogen-bond donors (Lipinski definition) is 0. The van der Waals surface area contributed by atoms with Gasteiger partial charge in [0.15, 0.2) is 5.82 Å². The maximum Gasteiger partial charge on any atom is 0.311 e. The fourth-order valence-corrected chi connectivity index (χ4v) is 2.57. The molecule has 0 atom stereocenters. The summed E-state index contributed by atoms with van der Waals surface area (Å²) in [6, 6.07) is 5.56. The predicted octanol–water partition coefficient (Wildman–Crippen LogP) is 4.50. The summed E-state index contributed by atoms with van der Waals surface area (Å²) in [5.74, 6) is 0.974. The van der Waals surface area contributed by atoms with Crippen LogP contribution in [0.3, 0.4) is 0 Å². The number of unbranched alkanes of at least 4 members (excludes halogenated alkanes) is 5. The first-order chi connectivity index (χ1) is 11.7. The van der Waals surface area contributed by atoms with Crippen LogP contribution in [0, 0.1) is 6.92 Å². The molecule has 1 aromatic heterocycles. The first-order valence-electron chi connectivity index (χ1n) is 8.65. The molecule has 0 saturated heterocycles. The summed E-state index contributed by atoms with van der Waals surface area (Å²) in [6.45, 7) is 4.11. The van der Waals surface area contributed by atoms with Crippen LogP contribution in [0.1, 0.15) is 57.4 Å². The highest BCUT2D eigenvalue weighted by Crippen LogP contribution is 2.27. The normalized spacial score (nSPS) is 10.6. The van der Waals surface area contributed by atoms with E-state index in [1.54, 1.807) is 6.07 Å². The molecule has 0 aliphatic carbocycles. The lowest BCUT2D eigenvalue weighted by molar-refractivity contribution is -0.134. The van der Waals surface area contributed by atoms with Gasteiger partial charge in [-0.1, -0.05) is 51.2 Å². The molecule has 128 valence electrons. The highest BCUT2D eigenvalue weighted by Gasteiger charge is 2.12. The minimum atomic E-state index is -0.179. The summed E-state index contributed by atoms with van der Waals surface area (Å²) in [7, 11) is 0. The van der Waals surface area contributed by atoms with Crippen molar-refractivity contribution in [1.29, 1.82) is 0 Å². The molecule has 5 heteroatoms. The molecule has 0 aliphatic heterocycles. The van der Waals surface area contributed by atoms with E-state index in [1.807, 2.05) is 19.1 Å². The fourth-order valence-electron chi connectivity index (χ4n) is 2.57. The van der Waals surface area contributed by atoms with Crippen molar-refractivity contribution in [2.24, 2.45) is 0 Å². The van der Waals surface area contributed by atoms with Crippen molar-refractivity contribution < 1.29 is 9.53 Å². The van der Waals surface area contributed by atoms with Crippen molar-refractivity contribution in [3.8, 4) is 17.1 Å². The van der Waals surface area contributed by atoms with Gasteiger partial charge in [-0.15, -0.1) is 0 Å². The zero-order chi connectivity index (χ0) is 17.2. The number of carbonyl (C=O) groups is 1. The fraction of sp³-hybridized carbons (Fsp3) is 0.474. The van der Waals surface area contributed by atoms with Crippen molar-refractivity contribution in [2.45, 2.75) is 58.8 Å². The third-order valence-corrected chi connectivity index (χ3v) is 3.98. The number of hydrogen-bond acceptors (Lipinski definition) is 5. The molecule has 24 heavy (non-hydrogen) atoms. The number of carbonyl (C=O) groups excluding carboxylic acids is 1. The van der Waals surface area contributed by atoms with Gasteiger partial charge in [-0.25, -0.2) is 15.0 Å². The summed E-state index contributed by atoms with van der Waals surface area (Å²) in [5.41, 5.74) is 1.71. The van der Waals surface area contributed by atoms with Gasteiger partial charge in [0.25, 0.3) is 0 Å². The third kappa shape index (κ3) is 5.41. The summed E-state index contributed by atoms with van der Waals surface area (Å²) in [5, 5.41) is 0. The van der Waals surface area contributed by atoms with Gasteiger partial charge in [-0.2, -0.15) is 0 Å². The van der Waals surface area contributed by atoms with Crippen LogP contribution in [0.5, 0.6) is 5.75 Å². The second-order valence-electron chi connectivity index (χ2n) is 5.88. The lowest BCUT2D eigenvalue weighted by Gasteiger charge is -2.10. The summed E-state index contributed by atoms with van der Waals surface area (Å²) in [4.78, 5) is 24.2. The lowest BCUT2D eigenvalue weighted by Crippen LogP contribution is -2.09. The van der Waals surface area contributed by atoms with E-state index in [0.29, 0.717) is 18.0 Å². The molecule has 0 aliphatic rings. The van der Waals surface area contributed by atoms with E-state index in [2.05, 4.69) is 21.9 Å². The highest BCUT2D eigenvalue weighted by atomic mass is 16.5. The van der Waals surface area contributed by atoms with E-state index in [9.17, 15) is 4.79 Å². The van der Waals surface area contributed by atoms with Crippen LogP contribution in [0.4, 0.5) is 0 Å². The molecule has 0 fully saturated rings. The standard InChI is InChI=1S/C19H25N3O2/c1-3-4-5-6-7-8-12-18(23)24-17-11-9-10-16(15(17)2)19-21-13-20-14-22-19/h9-11,13-14H,3-8,12H2,1-2H3. The van der Waals surface area contributed by atoms with E-state index >= 15 is 0 Å². The van der Waals surface area contributed by atoms with Crippen molar-refractivity contribution in [3.05, 3.63) is 36.4 Å². The van der Waals surface area contributed by atoms with Gasteiger partial charge in [0.1, 0.15) is 18.4 Å². The molecule has 0 saturated carbocycles. The van der Waals surface area contributed by atoms with E-state index in [0.717, 1.165) is 24.0 Å². The molecule has 0 amide bonds. The monoisotopic (exact) mass is 327 g/mol. The van der Waals surface area contributed by atoms with E-state index in [4.69, 9.17) is 4.74 Å². The quantitative estimate of drug-likeness (QED) is 0.385.